The van der Waals surface area contributed by atoms with E-state index in [1.807, 2.05) is 6.92 Å². The first-order chi connectivity index (χ1) is 15.9. The van der Waals surface area contributed by atoms with E-state index in [4.69, 9.17) is 14.2 Å². The molecule has 1 aliphatic heterocycles. The Morgan fingerprint density at radius 2 is 1.76 bits per heavy atom. The normalized spacial score (nSPS) is 18.5. The fourth-order valence-electron chi connectivity index (χ4n) is 4.06. The monoisotopic (exact) mass is 461 g/mol. The number of nitrogens with one attached hydrogen (secondary N) is 1. The Morgan fingerprint density at radius 1 is 1.06 bits per heavy atom. The van der Waals surface area contributed by atoms with E-state index in [2.05, 4.69) is 5.32 Å². The number of hydrogen-bond donors (Lipinski definition) is 5. The van der Waals surface area contributed by atoms with Crippen LogP contribution in [-0.4, -0.2) is 78.3 Å². The van der Waals surface area contributed by atoms with Crippen LogP contribution in [-0.2, 0) is 27.1 Å². The lowest BCUT2D eigenvalue weighted by molar-refractivity contribution is -0.0725. The Labute approximate surface area is 192 Å². The second-order valence-corrected chi connectivity index (χ2v) is 7.78. The molecule has 9 nitrogen and oxygen atoms in total. The van der Waals surface area contributed by atoms with E-state index < -0.39 is 18.5 Å². The third-order valence-corrected chi connectivity index (χ3v) is 5.66. The van der Waals surface area contributed by atoms with Crippen molar-refractivity contribution in [3.63, 3.8) is 0 Å². The van der Waals surface area contributed by atoms with Gasteiger partial charge in [0.2, 0.25) is 0 Å². The highest BCUT2D eigenvalue weighted by Gasteiger charge is 2.36. The summed E-state index contributed by atoms with van der Waals surface area (Å²) in [4.78, 5) is 12.5. The van der Waals surface area contributed by atoms with Gasteiger partial charge in [-0.25, -0.2) is 0 Å². The largest absolute Gasteiger partial charge is 0.508 e. The molecule has 1 aliphatic rings. The first kappa shape index (κ1) is 24.9. The van der Waals surface area contributed by atoms with Gasteiger partial charge in [0, 0.05) is 37.3 Å². The summed E-state index contributed by atoms with van der Waals surface area (Å²) >= 11 is 0. The first-order valence-electron chi connectivity index (χ1n) is 10.9. The molecule has 2 atom stereocenters. The molecule has 0 unspecified atom stereocenters. The van der Waals surface area contributed by atoms with Gasteiger partial charge in [-0.3, -0.25) is 4.79 Å². The van der Waals surface area contributed by atoms with E-state index in [9.17, 15) is 25.2 Å². The maximum Gasteiger partial charge on any atom is 0.251 e. The van der Waals surface area contributed by atoms with Gasteiger partial charge in [0.15, 0.2) is 6.29 Å². The SMILES string of the molecule is CCc1c(O)cc(O)c(-c2cccc(C(=O)NCCOC)c2)c1CC1O[C@H](CO)[C@@H](CO)O1. The van der Waals surface area contributed by atoms with E-state index in [1.54, 1.807) is 31.4 Å². The fraction of sp³-hybridized carbons (Fsp3) is 0.458. The van der Waals surface area contributed by atoms with Crippen LogP contribution >= 0.6 is 0 Å². The molecule has 1 heterocycles. The second-order valence-electron chi connectivity index (χ2n) is 7.78. The van der Waals surface area contributed by atoms with E-state index >= 15 is 0 Å². The molecule has 0 aliphatic carbocycles. The molecule has 1 fully saturated rings. The Balaban J connectivity index is 1.99. The molecular weight excluding hydrogens is 430 g/mol. The standard InChI is InChI=1S/C24H31NO8/c1-3-16-17(10-22-32-20(12-26)21(13-27)33-22)23(19(29)11-18(16)28)14-5-4-6-15(9-14)24(30)25-7-8-31-2/h4-6,9,11,20-22,26-29H,3,7-8,10,12-13H2,1-2H3,(H,25,30)/t20-,21-/m1/s1. The van der Waals surface area contributed by atoms with Gasteiger partial charge < -0.3 is 40.0 Å². The predicted octanol–water partition coefficient (Wildman–Crippen LogP) is 1.34. The predicted molar refractivity (Wildman–Crippen MR) is 120 cm³/mol. The van der Waals surface area contributed by atoms with Crippen LogP contribution in [0.2, 0.25) is 0 Å². The summed E-state index contributed by atoms with van der Waals surface area (Å²) in [7, 11) is 1.55. The van der Waals surface area contributed by atoms with Crippen LogP contribution < -0.4 is 5.32 Å². The third kappa shape index (κ3) is 5.63. The minimum absolute atomic E-state index is 0.0578. The molecule has 1 saturated heterocycles. The first-order valence-corrected chi connectivity index (χ1v) is 10.9. The summed E-state index contributed by atoms with van der Waals surface area (Å²) in [5.74, 6) is -0.479. The zero-order chi connectivity index (χ0) is 24.0. The number of carbonyl (C=O) groups is 1. The minimum Gasteiger partial charge on any atom is -0.508 e. The van der Waals surface area contributed by atoms with Crippen molar-refractivity contribution in [2.24, 2.45) is 0 Å². The van der Waals surface area contributed by atoms with Gasteiger partial charge in [-0.05, 0) is 35.2 Å². The Kier molecular flexibility index (Phi) is 8.65. The Hall–Kier alpha value is -2.69. The van der Waals surface area contributed by atoms with Gasteiger partial charge in [0.1, 0.15) is 23.7 Å². The lowest BCUT2D eigenvalue weighted by atomic mass is 9.89. The molecule has 2 aromatic carbocycles. The highest BCUT2D eigenvalue weighted by molar-refractivity contribution is 5.96. The molecule has 0 saturated carbocycles. The maximum atomic E-state index is 12.5. The molecule has 33 heavy (non-hydrogen) atoms. The number of carbonyl (C=O) groups excluding carboxylic acids is 1. The summed E-state index contributed by atoms with van der Waals surface area (Å²) in [6.45, 7) is 2.02. The Morgan fingerprint density at radius 3 is 2.36 bits per heavy atom. The molecule has 9 heteroatoms. The molecule has 0 spiro atoms. The summed E-state index contributed by atoms with van der Waals surface area (Å²) < 4.78 is 16.4. The minimum atomic E-state index is -0.787. The molecule has 0 radical (unpaired) electrons. The van der Waals surface area contributed by atoms with Crippen molar-refractivity contribution in [1.29, 1.82) is 0 Å². The van der Waals surface area contributed by atoms with E-state index in [0.717, 1.165) is 0 Å². The van der Waals surface area contributed by atoms with Crippen molar-refractivity contribution in [3.05, 3.63) is 47.0 Å². The fourth-order valence-corrected chi connectivity index (χ4v) is 4.06. The van der Waals surface area contributed by atoms with Crippen molar-refractivity contribution in [2.75, 3.05) is 33.5 Å². The van der Waals surface area contributed by atoms with Gasteiger partial charge in [-0.15, -0.1) is 0 Å². The topological polar surface area (TPSA) is 138 Å². The van der Waals surface area contributed by atoms with Crippen LogP contribution in [0.5, 0.6) is 11.5 Å². The summed E-state index contributed by atoms with van der Waals surface area (Å²) in [5, 5.41) is 43.0. The zero-order valence-electron chi connectivity index (χ0n) is 18.8. The van der Waals surface area contributed by atoms with E-state index in [-0.39, 0.29) is 37.0 Å². The number of aromatic hydroxyl groups is 2. The van der Waals surface area contributed by atoms with Crippen molar-refractivity contribution in [3.8, 4) is 22.6 Å². The number of phenols is 2. The van der Waals surface area contributed by atoms with Crippen LogP contribution in [0.1, 0.15) is 28.4 Å². The lowest BCUT2D eigenvalue weighted by Crippen LogP contribution is -2.29. The maximum absolute atomic E-state index is 12.5. The lowest BCUT2D eigenvalue weighted by Gasteiger charge is -2.20. The number of aliphatic hydroxyl groups is 2. The smallest absolute Gasteiger partial charge is 0.251 e. The highest BCUT2D eigenvalue weighted by Crippen LogP contribution is 2.41. The molecule has 2 aromatic rings. The number of amides is 1. The van der Waals surface area contributed by atoms with Crippen molar-refractivity contribution >= 4 is 5.91 Å². The van der Waals surface area contributed by atoms with Crippen molar-refractivity contribution in [1.82, 2.24) is 5.32 Å². The number of ether oxygens (including phenoxy) is 3. The molecule has 1 amide bonds. The van der Waals surface area contributed by atoms with E-state index in [1.165, 1.54) is 6.07 Å². The third-order valence-electron chi connectivity index (χ3n) is 5.66. The van der Waals surface area contributed by atoms with Gasteiger partial charge in [-0.2, -0.15) is 0 Å². The quantitative estimate of drug-likeness (QED) is 0.334. The molecule has 3 rings (SSSR count). The van der Waals surface area contributed by atoms with Crippen LogP contribution in [0, 0.1) is 0 Å². The van der Waals surface area contributed by atoms with Crippen LogP contribution in [0.15, 0.2) is 30.3 Å². The molecule has 0 aromatic heterocycles. The van der Waals surface area contributed by atoms with Crippen LogP contribution in [0.4, 0.5) is 0 Å². The summed E-state index contributed by atoms with van der Waals surface area (Å²) in [6, 6.07) is 8.11. The molecule has 0 bridgehead atoms. The zero-order valence-corrected chi connectivity index (χ0v) is 18.8. The van der Waals surface area contributed by atoms with Crippen LogP contribution in [0.25, 0.3) is 11.1 Å². The number of hydrogen-bond acceptors (Lipinski definition) is 8. The van der Waals surface area contributed by atoms with Gasteiger partial charge in [-0.1, -0.05) is 19.1 Å². The number of rotatable bonds is 10. The van der Waals surface area contributed by atoms with Gasteiger partial charge >= 0.3 is 0 Å². The average Bonchev–Trinajstić information content (AvgIpc) is 3.21. The number of benzene rings is 2. The van der Waals surface area contributed by atoms with Crippen LogP contribution in [0.3, 0.4) is 0 Å². The summed E-state index contributed by atoms with van der Waals surface area (Å²) in [5.41, 5.74) is 2.67. The van der Waals surface area contributed by atoms with Gasteiger partial charge in [0.25, 0.3) is 5.91 Å². The molecule has 5 N–H and O–H groups in total. The van der Waals surface area contributed by atoms with Crippen molar-refractivity contribution in [2.45, 2.75) is 38.3 Å². The van der Waals surface area contributed by atoms with E-state index in [0.29, 0.717) is 47.4 Å². The average molecular weight is 462 g/mol. The molecular formula is C24H31NO8. The highest BCUT2D eigenvalue weighted by atomic mass is 16.7. The number of methoxy groups -OCH3 is 1. The Bertz CT molecular complexity index is 952. The number of aliphatic hydroxyl groups excluding tert-OH is 2. The van der Waals surface area contributed by atoms with Crippen molar-refractivity contribution < 1.29 is 39.4 Å². The van der Waals surface area contributed by atoms with Gasteiger partial charge in [0.05, 0.1) is 19.8 Å². The summed E-state index contributed by atoms with van der Waals surface area (Å²) in [6.07, 6.45) is -1.48. The number of phenolic OH excluding ortho intramolecular Hbond substituents is 2. The molecule has 180 valence electrons. The second kappa shape index (κ2) is 11.4.